The maximum Gasteiger partial charge on any atom is 0.222 e. The highest BCUT2D eigenvalue weighted by Crippen LogP contribution is 2.29. The summed E-state index contributed by atoms with van der Waals surface area (Å²) >= 11 is 3.42. The van der Waals surface area contributed by atoms with Crippen LogP contribution < -0.4 is 5.32 Å². The van der Waals surface area contributed by atoms with Crippen molar-refractivity contribution in [3.05, 3.63) is 34.6 Å². The quantitative estimate of drug-likeness (QED) is 0.894. The molecule has 0 fully saturated rings. The molecule has 4 nitrogen and oxygen atoms in total. The van der Waals surface area contributed by atoms with Crippen LogP contribution in [0.5, 0.6) is 0 Å². The predicted octanol–water partition coefficient (Wildman–Crippen LogP) is 3.11. The lowest BCUT2D eigenvalue weighted by atomic mass is 10.2. The molecule has 2 aromatic heterocycles. The van der Waals surface area contributed by atoms with Gasteiger partial charge in [0.1, 0.15) is 5.82 Å². The van der Waals surface area contributed by atoms with Crippen molar-refractivity contribution in [1.29, 1.82) is 0 Å². The van der Waals surface area contributed by atoms with Gasteiger partial charge in [-0.05, 0) is 41.1 Å². The Morgan fingerprint density at radius 3 is 2.88 bits per heavy atom. The Labute approximate surface area is 108 Å². The van der Waals surface area contributed by atoms with E-state index < -0.39 is 0 Å². The zero-order valence-electron chi connectivity index (χ0n) is 9.54. The number of amides is 1. The smallest absolute Gasteiger partial charge is 0.222 e. The maximum absolute atomic E-state index is 11.0. The molecule has 0 bridgehead atoms. The molecule has 0 atom stereocenters. The van der Waals surface area contributed by atoms with Crippen LogP contribution in [0.15, 0.2) is 28.9 Å². The number of anilines is 1. The molecule has 0 aliphatic carbocycles. The molecule has 0 unspecified atom stereocenters. The van der Waals surface area contributed by atoms with Crippen LogP contribution in [-0.4, -0.2) is 15.9 Å². The molecule has 0 saturated heterocycles. The zero-order chi connectivity index (χ0) is 12.4. The van der Waals surface area contributed by atoms with E-state index in [-0.39, 0.29) is 5.91 Å². The fraction of sp³-hybridized carbons (Fsp3) is 0.167. The van der Waals surface area contributed by atoms with Gasteiger partial charge in [-0.15, -0.1) is 0 Å². The summed E-state index contributed by atoms with van der Waals surface area (Å²) in [5, 5.41) is 2.70. The van der Waals surface area contributed by atoms with Crippen molar-refractivity contribution >= 4 is 27.7 Å². The van der Waals surface area contributed by atoms with Crippen LogP contribution >= 0.6 is 15.9 Å². The molecule has 5 heteroatoms. The van der Waals surface area contributed by atoms with E-state index in [1.165, 1.54) is 6.92 Å². The number of nitrogens with zero attached hydrogens (tertiary/aromatic N) is 1. The number of aromatic amines is 1. The second kappa shape index (κ2) is 4.71. The normalized spacial score (nSPS) is 10.3. The van der Waals surface area contributed by atoms with Gasteiger partial charge in [0.05, 0.1) is 10.3 Å². The fourth-order valence-corrected chi connectivity index (χ4v) is 2.10. The third kappa shape index (κ3) is 2.74. The van der Waals surface area contributed by atoms with Crippen molar-refractivity contribution < 1.29 is 4.79 Å². The lowest BCUT2D eigenvalue weighted by molar-refractivity contribution is -0.114. The number of halogens is 1. The van der Waals surface area contributed by atoms with Gasteiger partial charge in [-0.3, -0.25) is 9.78 Å². The lowest BCUT2D eigenvalue weighted by Crippen LogP contribution is -2.05. The Balaban J connectivity index is 2.39. The molecule has 0 aliphatic rings. The third-order valence-electron chi connectivity index (χ3n) is 2.24. The molecular formula is C12H12BrN3O. The Hall–Kier alpha value is -1.62. The summed E-state index contributed by atoms with van der Waals surface area (Å²) in [6.07, 6.45) is 0. The highest BCUT2D eigenvalue weighted by molar-refractivity contribution is 9.10. The number of aryl methyl sites for hydroxylation is 1. The Kier molecular flexibility index (Phi) is 3.28. The maximum atomic E-state index is 11.0. The largest absolute Gasteiger partial charge is 0.335 e. The molecule has 2 aromatic rings. The van der Waals surface area contributed by atoms with Crippen LogP contribution in [-0.2, 0) is 4.79 Å². The van der Waals surface area contributed by atoms with Crippen LogP contribution in [0.25, 0.3) is 11.3 Å². The van der Waals surface area contributed by atoms with Crippen molar-refractivity contribution in [2.75, 3.05) is 5.32 Å². The summed E-state index contributed by atoms with van der Waals surface area (Å²) in [4.78, 5) is 18.4. The minimum atomic E-state index is -0.109. The topological polar surface area (TPSA) is 57.8 Å². The molecule has 0 spiro atoms. The second-order valence-corrected chi connectivity index (χ2v) is 4.55. The zero-order valence-corrected chi connectivity index (χ0v) is 11.1. The van der Waals surface area contributed by atoms with Crippen LogP contribution in [0.4, 0.5) is 5.82 Å². The van der Waals surface area contributed by atoms with Gasteiger partial charge in [-0.25, -0.2) is 0 Å². The molecule has 0 saturated carbocycles. The first-order valence-corrected chi connectivity index (χ1v) is 5.95. The third-order valence-corrected chi connectivity index (χ3v) is 2.87. The van der Waals surface area contributed by atoms with E-state index in [9.17, 15) is 4.79 Å². The standard InChI is InChI=1S/C12H12BrN3O/c1-7-4-3-5-10(14-7)9-6-11(15-8(2)17)16-12(9)13/h3-6,16H,1-2H3,(H,15,17). The van der Waals surface area contributed by atoms with Gasteiger partial charge in [0, 0.05) is 18.2 Å². The summed E-state index contributed by atoms with van der Waals surface area (Å²) in [6.45, 7) is 3.41. The first kappa shape index (κ1) is 11.9. The number of nitrogens with one attached hydrogen (secondary N) is 2. The van der Waals surface area contributed by atoms with E-state index in [0.29, 0.717) is 5.82 Å². The first-order chi connectivity index (χ1) is 8.06. The minimum Gasteiger partial charge on any atom is -0.335 e. The number of carbonyl (C=O) groups is 1. The predicted molar refractivity (Wildman–Crippen MR) is 70.8 cm³/mol. The van der Waals surface area contributed by atoms with Gasteiger partial charge in [-0.1, -0.05) is 6.07 Å². The summed E-state index contributed by atoms with van der Waals surface area (Å²) in [6, 6.07) is 7.68. The molecule has 2 rings (SSSR count). The van der Waals surface area contributed by atoms with E-state index in [1.807, 2.05) is 31.2 Å². The molecule has 17 heavy (non-hydrogen) atoms. The number of pyridine rings is 1. The minimum absolute atomic E-state index is 0.109. The number of H-pyrrole nitrogens is 1. The van der Waals surface area contributed by atoms with Gasteiger partial charge < -0.3 is 10.3 Å². The SMILES string of the molecule is CC(=O)Nc1cc(-c2cccc(C)n2)c(Br)[nH]1. The fourth-order valence-electron chi connectivity index (χ4n) is 1.57. The van der Waals surface area contributed by atoms with Gasteiger partial charge in [0.15, 0.2) is 0 Å². The van der Waals surface area contributed by atoms with Crippen LogP contribution in [0.3, 0.4) is 0 Å². The number of hydrogen-bond acceptors (Lipinski definition) is 2. The van der Waals surface area contributed by atoms with E-state index >= 15 is 0 Å². The molecule has 0 radical (unpaired) electrons. The lowest BCUT2D eigenvalue weighted by Gasteiger charge is -1.99. The number of rotatable bonds is 2. The van der Waals surface area contributed by atoms with Gasteiger partial charge in [0.2, 0.25) is 5.91 Å². The van der Waals surface area contributed by atoms with E-state index in [2.05, 4.69) is 31.2 Å². The number of carbonyl (C=O) groups excluding carboxylic acids is 1. The monoisotopic (exact) mass is 293 g/mol. The summed E-state index contributed by atoms with van der Waals surface area (Å²) < 4.78 is 0.805. The Bertz CT molecular complexity index is 563. The van der Waals surface area contributed by atoms with Crippen LogP contribution in [0, 0.1) is 6.92 Å². The number of aromatic nitrogens is 2. The van der Waals surface area contributed by atoms with Crippen molar-refractivity contribution in [2.24, 2.45) is 0 Å². The van der Waals surface area contributed by atoms with Gasteiger partial charge >= 0.3 is 0 Å². The van der Waals surface area contributed by atoms with Crippen molar-refractivity contribution in [3.8, 4) is 11.3 Å². The summed E-state index contributed by atoms with van der Waals surface area (Å²) in [5.41, 5.74) is 2.75. The van der Waals surface area contributed by atoms with Crippen molar-refractivity contribution in [3.63, 3.8) is 0 Å². The average molecular weight is 294 g/mol. The molecule has 2 heterocycles. The molecule has 2 N–H and O–H groups in total. The highest BCUT2D eigenvalue weighted by atomic mass is 79.9. The van der Waals surface area contributed by atoms with Crippen LogP contribution in [0.2, 0.25) is 0 Å². The first-order valence-electron chi connectivity index (χ1n) is 5.16. The molecule has 0 aliphatic heterocycles. The summed E-state index contributed by atoms with van der Waals surface area (Å²) in [7, 11) is 0. The van der Waals surface area contributed by atoms with Gasteiger partial charge in [0.25, 0.3) is 0 Å². The van der Waals surface area contributed by atoms with E-state index in [4.69, 9.17) is 0 Å². The summed E-state index contributed by atoms with van der Waals surface area (Å²) in [5.74, 6) is 0.546. The Morgan fingerprint density at radius 1 is 1.47 bits per heavy atom. The van der Waals surface area contributed by atoms with Crippen LogP contribution in [0.1, 0.15) is 12.6 Å². The average Bonchev–Trinajstić information content (AvgIpc) is 2.58. The number of hydrogen-bond donors (Lipinski definition) is 2. The van der Waals surface area contributed by atoms with E-state index in [1.54, 1.807) is 0 Å². The highest BCUT2D eigenvalue weighted by Gasteiger charge is 2.09. The second-order valence-electron chi connectivity index (χ2n) is 3.76. The molecule has 1 amide bonds. The van der Waals surface area contributed by atoms with Crippen molar-refractivity contribution in [2.45, 2.75) is 13.8 Å². The van der Waals surface area contributed by atoms with Crippen molar-refractivity contribution in [1.82, 2.24) is 9.97 Å². The molecular weight excluding hydrogens is 282 g/mol. The van der Waals surface area contributed by atoms with E-state index in [0.717, 1.165) is 21.6 Å². The van der Waals surface area contributed by atoms with Gasteiger partial charge in [-0.2, -0.15) is 0 Å². The Morgan fingerprint density at radius 2 is 2.24 bits per heavy atom. The molecule has 0 aromatic carbocycles. The molecule has 88 valence electrons.